The highest BCUT2D eigenvalue weighted by atomic mass is 16.6. The quantitative estimate of drug-likeness (QED) is 0.415. The summed E-state index contributed by atoms with van der Waals surface area (Å²) in [6.07, 6.45) is 0. The molecule has 3 rings (SSSR count). The second-order valence-electron chi connectivity index (χ2n) is 6.41. The van der Waals surface area contributed by atoms with E-state index in [0.717, 1.165) is 17.1 Å². The van der Waals surface area contributed by atoms with Crippen LogP contribution in [0.1, 0.15) is 11.1 Å². The molecule has 3 aromatic carbocycles. The lowest BCUT2D eigenvalue weighted by Crippen LogP contribution is -2.28. The number of para-hydroxylation sites is 1. The minimum absolute atomic E-state index is 0.125. The monoisotopic (exact) mass is 420 g/mol. The van der Waals surface area contributed by atoms with Crippen molar-refractivity contribution in [2.45, 2.75) is 6.61 Å². The van der Waals surface area contributed by atoms with E-state index in [2.05, 4.69) is 10.5 Å². The first-order valence-electron chi connectivity index (χ1n) is 9.61. The molecule has 160 valence electrons. The fourth-order valence-corrected chi connectivity index (χ4v) is 2.84. The number of nitrogens with one attached hydrogen (secondary N) is 1. The van der Waals surface area contributed by atoms with Gasteiger partial charge in [0.15, 0.2) is 5.71 Å². The zero-order valence-corrected chi connectivity index (χ0v) is 17.6. The van der Waals surface area contributed by atoms with E-state index >= 15 is 0 Å². The number of hydrogen-bond acceptors (Lipinski definition) is 6. The summed E-state index contributed by atoms with van der Waals surface area (Å²) in [6.45, 7) is 0.375. The Bertz CT molecular complexity index is 1050. The Labute approximate surface area is 181 Å². The minimum atomic E-state index is -0.375. The van der Waals surface area contributed by atoms with Crippen molar-refractivity contribution >= 4 is 11.6 Å². The first-order chi connectivity index (χ1) is 15.1. The number of nitrogens with zero attached hydrogens (tertiary/aromatic N) is 1. The van der Waals surface area contributed by atoms with E-state index in [-0.39, 0.29) is 11.6 Å². The molecule has 0 aliphatic carbocycles. The molecule has 0 fully saturated rings. The number of hydrogen-bond donors (Lipinski definition) is 1. The molecule has 0 unspecified atom stereocenters. The van der Waals surface area contributed by atoms with Crippen LogP contribution in [0.4, 0.5) is 0 Å². The van der Waals surface area contributed by atoms with Gasteiger partial charge in [0.25, 0.3) is 5.91 Å². The van der Waals surface area contributed by atoms with Crippen LogP contribution >= 0.6 is 0 Å². The van der Waals surface area contributed by atoms with Gasteiger partial charge in [0, 0.05) is 7.05 Å². The van der Waals surface area contributed by atoms with Gasteiger partial charge in [-0.1, -0.05) is 29.4 Å². The van der Waals surface area contributed by atoms with Crippen molar-refractivity contribution < 1.29 is 23.8 Å². The molecule has 0 saturated carbocycles. The van der Waals surface area contributed by atoms with Gasteiger partial charge < -0.3 is 24.4 Å². The zero-order valence-electron chi connectivity index (χ0n) is 17.6. The zero-order chi connectivity index (χ0) is 22.1. The summed E-state index contributed by atoms with van der Waals surface area (Å²) in [6, 6.07) is 22.1. The molecule has 0 saturated heterocycles. The van der Waals surface area contributed by atoms with Crippen molar-refractivity contribution in [1.29, 1.82) is 0 Å². The third-order valence-corrected chi connectivity index (χ3v) is 4.36. The highest BCUT2D eigenvalue weighted by molar-refractivity contribution is 6.45. The van der Waals surface area contributed by atoms with E-state index in [1.54, 1.807) is 25.3 Å². The van der Waals surface area contributed by atoms with Crippen molar-refractivity contribution in [2.24, 2.45) is 5.16 Å². The summed E-state index contributed by atoms with van der Waals surface area (Å²) in [4.78, 5) is 17.1. The summed E-state index contributed by atoms with van der Waals surface area (Å²) in [5.74, 6) is 2.23. The number of likely N-dealkylation sites (N-methyl/N-ethyl adjacent to an activating group) is 1. The Morgan fingerprint density at radius 2 is 1.65 bits per heavy atom. The summed E-state index contributed by atoms with van der Waals surface area (Å²) in [7, 11) is 4.54. The van der Waals surface area contributed by atoms with Crippen molar-refractivity contribution in [1.82, 2.24) is 5.32 Å². The fraction of sp³-hybridized carbons (Fsp3) is 0.167. The molecule has 3 aromatic rings. The predicted molar refractivity (Wildman–Crippen MR) is 118 cm³/mol. The Morgan fingerprint density at radius 1 is 0.903 bits per heavy atom. The van der Waals surface area contributed by atoms with Gasteiger partial charge in [-0.05, 0) is 54.1 Å². The molecule has 0 aliphatic heterocycles. The number of carbonyl (C=O) groups excluding carboxylic acids is 1. The largest absolute Gasteiger partial charge is 0.497 e. The molecule has 0 bridgehead atoms. The molecule has 7 nitrogen and oxygen atoms in total. The maximum absolute atomic E-state index is 12.2. The molecule has 0 atom stereocenters. The van der Waals surface area contributed by atoms with Crippen molar-refractivity contribution in [3.63, 3.8) is 0 Å². The third kappa shape index (κ3) is 5.76. The second-order valence-corrected chi connectivity index (χ2v) is 6.41. The van der Waals surface area contributed by atoms with Gasteiger partial charge in [-0.2, -0.15) is 0 Å². The standard InChI is InChI=1S/C24H24N2O5/c1-25-24(27)23(26-29-3)21-9-4-5-10-22(21)31-20-8-6-7-17(15-20)16-30-19-13-11-18(28-2)12-14-19/h4-15H,16H2,1-3H3,(H,25,27). The van der Waals surface area contributed by atoms with Crippen LogP contribution in [-0.4, -0.2) is 32.9 Å². The second kappa shape index (κ2) is 10.7. The molecule has 0 aromatic heterocycles. The minimum Gasteiger partial charge on any atom is -0.497 e. The first kappa shape index (κ1) is 21.7. The van der Waals surface area contributed by atoms with Crippen molar-refractivity contribution in [3.8, 4) is 23.0 Å². The number of rotatable bonds is 9. The average molecular weight is 420 g/mol. The summed E-state index contributed by atoms with van der Waals surface area (Å²) in [5, 5.41) is 6.41. The first-order valence-corrected chi connectivity index (χ1v) is 9.61. The smallest absolute Gasteiger partial charge is 0.273 e. The molecular formula is C24H24N2O5. The maximum Gasteiger partial charge on any atom is 0.273 e. The van der Waals surface area contributed by atoms with E-state index in [0.29, 0.717) is 23.7 Å². The van der Waals surface area contributed by atoms with Gasteiger partial charge in [0.1, 0.15) is 36.7 Å². The number of amides is 1. The van der Waals surface area contributed by atoms with Crippen LogP contribution in [0.5, 0.6) is 23.0 Å². The SMILES string of the molecule is CNC(=O)C(=NOC)c1ccccc1Oc1cccc(COc2ccc(OC)cc2)c1. The normalized spacial score (nSPS) is 10.9. The topological polar surface area (TPSA) is 78.4 Å². The van der Waals surface area contributed by atoms with E-state index in [9.17, 15) is 4.79 Å². The molecule has 0 radical (unpaired) electrons. The lowest BCUT2D eigenvalue weighted by molar-refractivity contribution is -0.114. The third-order valence-electron chi connectivity index (χ3n) is 4.36. The number of benzene rings is 3. The summed E-state index contributed by atoms with van der Waals surface area (Å²) < 4.78 is 17.1. The lowest BCUT2D eigenvalue weighted by Gasteiger charge is -2.13. The molecule has 0 heterocycles. The molecule has 0 aliphatic rings. The number of ether oxygens (including phenoxy) is 3. The fourth-order valence-electron chi connectivity index (χ4n) is 2.84. The van der Waals surface area contributed by atoms with Crippen LogP contribution in [0, 0.1) is 0 Å². The van der Waals surface area contributed by atoms with Crippen LogP contribution < -0.4 is 19.5 Å². The van der Waals surface area contributed by atoms with Gasteiger partial charge in [0.2, 0.25) is 0 Å². The Morgan fingerprint density at radius 3 is 2.35 bits per heavy atom. The van der Waals surface area contributed by atoms with Gasteiger partial charge >= 0.3 is 0 Å². The van der Waals surface area contributed by atoms with Crippen LogP contribution in [0.25, 0.3) is 0 Å². The predicted octanol–water partition coefficient (Wildman–Crippen LogP) is 4.16. The molecule has 7 heteroatoms. The van der Waals surface area contributed by atoms with E-state index in [1.807, 2.05) is 54.6 Å². The maximum atomic E-state index is 12.2. The molecular weight excluding hydrogens is 396 g/mol. The van der Waals surface area contributed by atoms with Gasteiger partial charge in [-0.25, -0.2) is 0 Å². The van der Waals surface area contributed by atoms with E-state index < -0.39 is 0 Å². The van der Waals surface area contributed by atoms with Crippen LogP contribution in [0.3, 0.4) is 0 Å². The number of carbonyl (C=O) groups is 1. The molecule has 31 heavy (non-hydrogen) atoms. The number of oxime groups is 1. The number of methoxy groups -OCH3 is 1. The highest BCUT2D eigenvalue weighted by Crippen LogP contribution is 2.27. The van der Waals surface area contributed by atoms with Crippen molar-refractivity contribution in [2.75, 3.05) is 21.3 Å². The van der Waals surface area contributed by atoms with Gasteiger partial charge in [-0.3, -0.25) is 4.79 Å². The van der Waals surface area contributed by atoms with Crippen LogP contribution in [0.15, 0.2) is 78.0 Å². The lowest BCUT2D eigenvalue weighted by atomic mass is 10.1. The molecule has 0 spiro atoms. The summed E-state index contributed by atoms with van der Waals surface area (Å²) >= 11 is 0. The van der Waals surface area contributed by atoms with Crippen LogP contribution in [-0.2, 0) is 16.2 Å². The van der Waals surface area contributed by atoms with Gasteiger partial charge in [0.05, 0.1) is 12.7 Å². The molecule has 1 amide bonds. The Hall–Kier alpha value is -4.00. The Kier molecular flexibility index (Phi) is 7.48. The van der Waals surface area contributed by atoms with Crippen LogP contribution in [0.2, 0.25) is 0 Å². The Balaban J connectivity index is 1.76. The summed E-state index contributed by atoms with van der Waals surface area (Å²) in [5.41, 5.74) is 1.58. The average Bonchev–Trinajstić information content (AvgIpc) is 2.82. The van der Waals surface area contributed by atoms with E-state index in [4.69, 9.17) is 19.0 Å². The highest BCUT2D eigenvalue weighted by Gasteiger charge is 2.18. The van der Waals surface area contributed by atoms with E-state index in [1.165, 1.54) is 14.2 Å². The van der Waals surface area contributed by atoms with Crippen molar-refractivity contribution in [3.05, 3.63) is 83.9 Å². The molecule has 1 N–H and O–H groups in total. The van der Waals surface area contributed by atoms with Gasteiger partial charge in [-0.15, -0.1) is 0 Å².